The van der Waals surface area contributed by atoms with Gasteiger partial charge in [0.05, 0.1) is 22.6 Å². The van der Waals surface area contributed by atoms with Crippen LogP contribution in [0.3, 0.4) is 0 Å². The molecule has 2 heterocycles. The molecule has 0 radical (unpaired) electrons. The van der Waals surface area contributed by atoms with Crippen LogP contribution in [-0.2, 0) is 20.7 Å². The lowest BCUT2D eigenvalue weighted by atomic mass is 10.0. The monoisotopic (exact) mass is 458 g/mol. The predicted octanol–water partition coefficient (Wildman–Crippen LogP) is 3.86. The molecule has 2 aliphatic heterocycles. The molecule has 4 rings (SSSR count). The molecule has 0 aromatic heterocycles. The zero-order valence-electron chi connectivity index (χ0n) is 16.6. The van der Waals surface area contributed by atoms with E-state index in [1.165, 1.54) is 0 Å². The van der Waals surface area contributed by atoms with E-state index in [9.17, 15) is 14.4 Å². The fourth-order valence-electron chi connectivity index (χ4n) is 3.25. The highest BCUT2D eigenvalue weighted by Gasteiger charge is 2.26. The second-order valence-corrected chi connectivity index (χ2v) is 8.59. The third kappa shape index (κ3) is 5.10. The second-order valence-electron chi connectivity index (χ2n) is 7.17. The van der Waals surface area contributed by atoms with Gasteiger partial charge in [-0.25, -0.2) is 0 Å². The lowest BCUT2D eigenvalue weighted by molar-refractivity contribution is -0.145. The smallest absolute Gasteiger partial charge is 0.290 e. The number of nitrogens with one attached hydrogen (secondary N) is 1. The molecule has 0 saturated carbocycles. The molecule has 2 aromatic carbocycles. The summed E-state index contributed by atoms with van der Waals surface area (Å²) in [6.45, 7) is 0.660. The van der Waals surface area contributed by atoms with Crippen molar-refractivity contribution < 1.29 is 23.9 Å². The lowest BCUT2D eigenvalue weighted by Gasteiger charge is -2.32. The van der Waals surface area contributed by atoms with Crippen molar-refractivity contribution in [3.05, 3.63) is 63.5 Å². The summed E-state index contributed by atoms with van der Waals surface area (Å²) in [6.07, 6.45) is 2.30. The lowest BCUT2D eigenvalue weighted by Crippen LogP contribution is -2.47. The molecule has 0 spiro atoms. The average Bonchev–Trinajstić information content (AvgIpc) is 3.05. The number of ether oxygens (including phenoxy) is 2. The van der Waals surface area contributed by atoms with Crippen LogP contribution in [0, 0.1) is 0 Å². The Labute approximate surface area is 188 Å². The number of amides is 3. The van der Waals surface area contributed by atoms with E-state index in [1.54, 1.807) is 36.2 Å². The van der Waals surface area contributed by atoms with Crippen LogP contribution in [0.25, 0.3) is 6.08 Å². The minimum atomic E-state index is -0.415. The maximum Gasteiger partial charge on any atom is 0.290 e. The van der Waals surface area contributed by atoms with Gasteiger partial charge in [-0.05, 0) is 59.7 Å². The molecule has 2 aromatic rings. The number of carbonyl (C=O) groups excluding carboxylic acids is 3. The Morgan fingerprint density at radius 2 is 2.00 bits per heavy atom. The SMILES string of the molecule is CN1C(=O)COCC1Cc1ccc(Oc2ccc(C=C3SC(=O)NC3=O)cc2Cl)cc1. The first-order valence-electron chi connectivity index (χ1n) is 9.53. The molecule has 160 valence electrons. The van der Waals surface area contributed by atoms with Crippen LogP contribution >= 0.6 is 23.4 Å². The maximum absolute atomic E-state index is 11.8. The highest BCUT2D eigenvalue weighted by Crippen LogP contribution is 2.32. The number of thioether (sulfide) groups is 1. The minimum Gasteiger partial charge on any atom is -0.456 e. The number of hydrogen-bond donors (Lipinski definition) is 1. The highest BCUT2D eigenvalue weighted by molar-refractivity contribution is 8.18. The van der Waals surface area contributed by atoms with Gasteiger partial charge in [-0.1, -0.05) is 29.8 Å². The van der Waals surface area contributed by atoms with Gasteiger partial charge in [-0.3, -0.25) is 19.7 Å². The molecule has 2 aliphatic rings. The second kappa shape index (κ2) is 9.13. The predicted molar refractivity (Wildman–Crippen MR) is 118 cm³/mol. The maximum atomic E-state index is 11.8. The highest BCUT2D eigenvalue weighted by atomic mass is 35.5. The normalized spacial score (nSPS) is 20.3. The van der Waals surface area contributed by atoms with Crippen LogP contribution in [0.5, 0.6) is 11.5 Å². The van der Waals surface area contributed by atoms with E-state index in [4.69, 9.17) is 21.1 Å². The van der Waals surface area contributed by atoms with E-state index >= 15 is 0 Å². The first-order chi connectivity index (χ1) is 14.9. The average molecular weight is 459 g/mol. The Morgan fingerprint density at radius 1 is 1.23 bits per heavy atom. The van der Waals surface area contributed by atoms with Crippen molar-refractivity contribution in [2.45, 2.75) is 12.5 Å². The standard InChI is InChI=1S/C22H19ClN2O5S/c1-25-15(11-29-12-20(25)26)8-13-2-5-16(6-3-13)30-18-7-4-14(9-17(18)23)10-19-21(27)24-22(28)31-19/h2-7,9-10,15H,8,11-12H2,1H3,(H,24,27,28). The van der Waals surface area contributed by atoms with Crippen molar-refractivity contribution in [1.29, 1.82) is 0 Å². The topological polar surface area (TPSA) is 84.9 Å². The number of halogens is 1. The molecular formula is C22H19ClN2O5S. The van der Waals surface area contributed by atoms with Crippen LogP contribution in [0.2, 0.25) is 5.02 Å². The van der Waals surface area contributed by atoms with Crippen LogP contribution in [0.1, 0.15) is 11.1 Å². The van der Waals surface area contributed by atoms with Gasteiger partial charge >= 0.3 is 0 Å². The number of hydrogen-bond acceptors (Lipinski definition) is 6. The van der Waals surface area contributed by atoms with E-state index in [1.807, 2.05) is 24.3 Å². The van der Waals surface area contributed by atoms with Gasteiger partial charge in [0.1, 0.15) is 18.1 Å². The quantitative estimate of drug-likeness (QED) is 0.685. The largest absolute Gasteiger partial charge is 0.456 e. The minimum absolute atomic E-state index is 0.0105. The number of carbonyl (C=O) groups is 3. The molecular weight excluding hydrogens is 440 g/mol. The number of likely N-dealkylation sites (N-methyl/N-ethyl adjacent to an activating group) is 1. The summed E-state index contributed by atoms with van der Waals surface area (Å²) in [6, 6.07) is 12.7. The molecule has 1 N–H and O–H groups in total. The van der Waals surface area contributed by atoms with Gasteiger partial charge in [0.2, 0.25) is 5.91 Å². The number of benzene rings is 2. The third-order valence-electron chi connectivity index (χ3n) is 5.00. The molecule has 0 bridgehead atoms. The van der Waals surface area contributed by atoms with Crippen LogP contribution in [-0.4, -0.2) is 48.3 Å². The van der Waals surface area contributed by atoms with Gasteiger partial charge in [0.15, 0.2) is 0 Å². The van der Waals surface area contributed by atoms with Gasteiger partial charge < -0.3 is 14.4 Å². The summed E-state index contributed by atoms with van der Waals surface area (Å²) in [5.41, 5.74) is 1.76. The molecule has 1 unspecified atom stereocenters. The Kier molecular flexibility index (Phi) is 6.31. The first kappa shape index (κ1) is 21.4. The van der Waals surface area contributed by atoms with Crippen LogP contribution in [0.15, 0.2) is 47.4 Å². The number of morpholine rings is 1. The van der Waals surface area contributed by atoms with E-state index in [-0.39, 0.29) is 23.8 Å². The first-order valence-corrected chi connectivity index (χ1v) is 10.7. The summed E-state index contributed by atoms with van der Waals surface area (Å²) < 4.78 is 11.2. The van der Waals surface area contributed by atoms with Crippen LogP contribution < -0.4 is 10.1 Å². The summed E-state index contributed by atoms with van der Waals surface area (Å²) in [4.78, 5) is 36.7. The number of rotatable bonds is 5. The van der Waals surface area contributed by atoms with E-state index in [0.29, 0.717) is 40.0 Å². The Morgan fingerprint density at radius 3 is 2.68 bits per heavy atom. The van der Waals surface area contributed by atoms with Crippen molar-refractivity contribution in [2.75, 3.05) is 20.3 Å². The summed E-state index contributed by atoms with van der Waals surface area (Å²) in [5, 5.41) is 2.21. The molecule has 31 heavy (non-hydrogen) atoms. The van der Waals surface area contributed by atoms with E-state index in [2.05, 4.69) is 5.32 Å². The molecule has 2 saturated heterocycles. The van der Waals surface area contributed by atoms with Gasteiger partial charge in [0, 0.05) is 7.05 Å². The third-order valence-corrected chi connectivity index (χ3v) is 6.10. The zero-order chi connectivity index (χ0) is 22.0. The fourth-order valence-corrected chi connectivity index (χ4v) is 4.16. The summed E-state index contributed by atoms with van der Waals surface area (Å²) in [7, 11) is 1.80. The van der Waals surface area contributed by atoms with Crippen LogP contribution in [0.4, 0.5) is 4.79 Å². The number of nitrogens with zero attached hydrogens (tertiary/aromatic N) is 1. The molecule has 0 aliphatic carbocycles. The van der Waals surface area contributed by atoms with Gasteiger partial charge in [-0.2, -0.15) is 0 Å². The molecule has 1 atom stereocenters. The zero-order valence-corrected chi connectivity index (χ0v) is 18.2. The summed E-state index contributed by atoms with van der Waals surface area (Å²) in [5.74, 6) is 0.671. The molecule has 7 nitrogen and oxygen atoms in total. The fraction of sp³-hybridized carbons (Fsp3) is 0.227. The molecule has 3 amide bonds. The summed E-state index contributed by atoms with van der Waals surface area (Å²) >= 11 is 7.19. The Balaban J connectivity index is 1.41. The van der Waals surface area contributed by atoms with Crippen molar-refractivity contribution in [1.82, 2.24) is 10.2 Å². The van der Waals surface area contributed by atoms with E-state index < -0.39 is 5.91 Å². The van der Waals surface area contributed by atoms with E-state index in [0.717, 1.165) is 17.3 Å². The van der Waals surface area contributed by atoms with Crippen molar-refractivity contribution in [2.24, 2.45) is 0 Å². The molecule has 9 heteroatoms. The molecule has 2 fully saturated rings. The Bertz CT molecular complexity index is 1070. The van der Waals surface area contributed by atoms with Crippen molar-refractivity contribution in [3.63, 3.8) is 0 Å². The van der Waals surface area contributed by atoms with Gasteiger partial charge in [-0.15, -0.1) is 0 Å². The number of imide groups is 1. The van der Waals surface area contributed by atoms with Crippen molar-refractivity contribution in [3.8, 4) is 11.5 Å². The van der Waals surface area contributed by atoms with Gasteiger partial charge in [0.25, 0.3) is 11.1 Å². The Hall–Kier alpha value is -2.81. The van der Waals surface area contributed by atoms with Crippen molar-refractivity contribution >= 4 is 46.5 Å².